The standard InChI is InChI=1S/C14H12BrF3N2/c1-8-3-4-10(7-11(8)14(16,17)18)20-13-6-5-12(15)9(2)19-13/h3-7H,1-2H3,(H,19,20). The van der Waals surface area contributed by atoms with Gasteiger partial charge in [0.25, 0.3) is 0 Å². The molecule has 0 unspecified atom stereocenters. The molecule has 1 aromatic carbocycles. The van der Waals surface area contributed by atoms with Gasteiger partial charge in [0.05, 0.1) is 11.3 Å². The molecule has 0 atom stereocenters. The van der Waals surface area contributed by atoms with E-state index in [9.17, 15) is 13.2 Å². The highest BCUT2D eigenvalue weighted by Gasteiger charge is 2.32. The Bertz CT molecular complexity index is 639. The topological polar surface area (TPSA) is 24.9 Å². The Balaban J connectivity index is 2.32. The number of halogens is 4. The summed E-state index contributed by atoms with van der Waals surface area (Å²) < 4.78 is 39.4. The van der Waals surface area contributed by atoms with Gasteiger partial charge in [0, 0.05) is 10.2 Å². The molecule has 0 bridgehead atoms. The highest BCUT2D eigenvalue weighted by atomic mass is 79.9. The van der Waals surface area contributed by atoms with Gasteiger partial charge in [-0.25, -0.2) is 4.98 Å². The first-order valence-electron chi connectivity index (χ1n) is 5.85. The predicted octanol–water partition coefficient (Wildman–Crippen LogP) is 5.22. The molecule has 0 amide bonds. The lowest BCUT2D eigenvalue weighted by atomic mass is 10.1. The Kier molecular flexibility index (Phi) is 4.04. The third-order valence-corrected chi connectivity index (χ3v) is 3.67. The second kappa shape index (κ2) is 5.44. The average Bonchev–Trinajstić information content (AvgIpc) is 2.35. The van der Waals surface area contributed by atoms with Crippen LogP contribution in [0.5, 0.6) is 0 Å². The molecule has 106 valence electrons. The molecule has 0 aliphatic carbocycles. The lowest BCUT2D eigenvalue weighted by Gasteiger charge is -2.13. The van der Waals surface area contributed by atoms with Crippen LogP contribution in [0.4, 0.5) is 24.7 Å². The summed E-state index contributed by atoms with van der Waals surface area (Å²) in [7, 11) is 0. The van der Waals surface area contributed by atoms with Gasteiger partial charge < -0.3 is 5.32 Å². The summed E-state index contributed by atoms with van der Waals surface area (Å²) >= 11 is 3.32. The summed E-state index contributed by atoms with van der Waals surface area (Å²) in [4.78, 5) is 4.24. The molecule has 0 fully saturated rings. The van der Waals surface area contributed by atoms with Crippen LogP contribution in [-0.2, 0) is 6.18 Å². The molecule has 0 aliphatic rings. The van der Waals surface area contributed by atoms with Crippen LogP contribution < -0.4 is 5.32 Å². The van der Waals surface area contributed by atoms with Crippen LogP contribution >= 0.6 is 15.9 Å². The number of anilines is 2. The second-order valence-electron chi connectivity index (χ2n) is 4.42. The van der Waals surface area contributed by atoms with Crippen LogP contribution in [0.25, 0.3) is 0 Å². The molecule has 1 heterocycles. The molecule has 0 saturated carbocycles. The first-order valence-corrected chi connectivity index (χ1v) is 6.64. The monoisotopic (exact) mass is 344 g/mol. The van der Waals surface area contributed by atoms with Crippen molar-refractivity contribution in [1.82, 2.24) is 4.98 Å². The molecule has 1 N–H and O–H groups in total. The van der Waals surface area contributed by atoms with Crippen molar-refractivity contribution in [3.05, 3.63) is 51.6 Å². The van der Waals surface area contributed by atoms with E-state index in [1.165, 1.54) is 13.0 Å². The van der Waals surface area contributed by atoms with Crippen molar-refractivity contribution in [2.75, 3.05) is 5.32 Å². The van der Waals surface area contributed by atoms with Crippen molar-refractivity contribution in [2.45, 2.75) is 20.0 Å². The smallest absolute Gasteiger partial charge is 0.340 e. The summed E-state index contributed by atoms with van der Waals surface area (Å²) in [6, 6.07) is 7.63. The predicted molar refractivity (Wildman–Crippen MR) is 76.1 cm³/mol. The molecule has 0 spiro atoms. The van der Waals surface area contributed by atoms with E-state index in [0.717, 1.165) is 16.2 Å². The number of hydrogen-bond acceptors (Lipinski definition) is 2. The van der Waals surface area contributed by atoms with Gasteiger partial charge in [0.1, 0.15) is 5.82 Å². The molecular weight excluding hydrogens is 333 g/mol. The largest absolute Gasteiger partial charge is 0.416 e. The molecule has 20 heavy (non-hydrogen) atoms. The van der Waals surface area contributed by atoms with Gasteiger partial charge in [-0.1, -0.05) is 6.07 Å². The third-order valence-electron chi connectivity index (χ3n) is 2.84. The van der Waals surface area contributed by atoms with E-state index >= 15 is 0 Å². The van der Waals surface area contributed by atoms with E-state index in [1.807, 2.05) is 6.92 Å². The molecule has 0 aliphatic heterocycles. The fourth-order valence-electron chi connectivity index (χ4n) is 1.77. The van der Waals surface area contributed by atoms with Gasteiger partial charge in [0.2, 0.25) is 0 Å². The highest BCUT2D eigenvalue weighted by Crippen LogP contribution is 2.34. The molecular formula is C14H12BrF3N2. The fourth-order valence-corrected chi connectivity index (χ4v) is 1.99. The molecule has 0 radical (unpaired) electrons. The van der Waals surface area contributed by atoms with Crippen LogP contribution in [0.15, 0.2) is 34.8 Å². The minimum absolute atomic E-state index is 0.197. The van der Waals surface area contributed by atoms with Crippen molar-refractivity contribution in [3.63, 3.8) is 0 Å². The van der Waals surface area contributed by atoms with Gasteiger partial charge in [-0.2, -0.15) is 13.2 Å². The second-order valence-corrected chi connectivity index (χ2v) is 5.27. The quantitative estimate of drug-likeness (QED) is 0.807. The fraction of sp³-hybridized carbons (Fsp3) is 0.214. The maximum Gasteiger partial charge on any atom is 0.416 e. The van der Waals surface area contributed by atoms with Gasteiger partial charge in [0.15, 0.2) is 0 Å². The van der Waals surface area contributed by atoms with Crippen LogP contribution in [0, 0.1) is 13.8 Å². The maximum atomic E-state index is 12.8. The van der Waals surface area contributed by atoms with E-state index in [4.69, 9.17) is 0 Å². The number of hydrogen-bond donors (Lipinski definition) is 1. The number of aromatic nitrogens is 1. The van der Waals surface area contributed by atoms with Crippen LogP contribution in [-0.4, -0.2) is 4.98 Å². The van der Waals surface area contributed by atoms with Gasteiger partial charge >= 0.3 is 6.18 Å². The number of alkyl halides is 3. The Hall–Kier alpha value is -1.56. The summed E-state index contributed by atoms with van der Waals surface area (Å²) in [6.45, 7) is 3.25. The Morgan fingerprint density at radius 3 is 2.40 bits per heavy atom. The minimum atomic E-state index is -4.36. The summed E-state index contributed by atoms with van der Waals surface area (Å²) in [5.74, 6) is 0.502. The highest BCUT2D eigenvalue weighted by molar-refractivity contribution is 9.10. The Labute approximate surface area is 123 Å². The van der Waals surface area contributed by atoms with Crippen LogP contribution in [0.1, 0.15) is 16.8 Å². The SMILES string of the molecule is Cc1ccc(Nc2ccc(Br)c(C)n2)cc1C(F)(F)F. The van der Waals surface area contributed by atoms with Gasteiger partial charge in [-0.15, -0.1) is 0 Å². The third kappa shape index (κ3) is 3.30. The number of pyridine rings is 1. The lowest BCUT2D eigenvalue weighted by molar-refractivity contribution is -0.138. The molecule has 6 heteroatoms. The normalized spacial score (nSPS) is 11.5. The average molecular weight is 345 g/mol. The minimum Gasteiger partial charge on any atom is -0.340 e. The van der Waals surface area contributed by atoms with E-state index in [-0.39, 0.29) is 5.56 Å². The van der Waals surface area contributed by atoms with Crippen LogP contribution in [0.2, 0.25) is 0 Å². The van der Waals surface area contributed by atoms with E-state index < -0.39 is 11.7 Å². The zero-order valence-corrected chi connectivity index (χ0v) is 12.4. The first-order chi connectivity index (χ1) is 9.27. The van der Waals surface area contributed by atoms with E-state index in [0.29, 0.717) is 11.5 Å². The van der Waals surface area contributed by atoms with Crippen molar-refractivity contribution >= 4 is 27.4 Å². The van der Waals surface area contributed by atoms with Crippen LogP contribution in [0.3, 0.4) is 0 Å². The molecule has 1 aromatic heterocycles. The summed E-state index contributed by atoms with van der Waals surface area (Å²) in [5.41, 5.74) is 0.676. The van der Waals surface area contributed by atoms with Gasteiger partial charge in [-0.05, 0) is 59.6 Å². The summed E-state index contributed by atoms with van der Waals surface area (Å²) in [6.07, 6.45) is -4.36. The number of nitrogens with zero attached hydrogens (tertiary/aromatic N) is 1. The number of rotatable bonds is 2. The zero-order valence-electron chi connectivity index (χ0n) is 10.8. The van der Waals surface area contributed by atoms with Crippen molar-refractivity contribution in [3.8, 4) is 0 Å². The molecule has 2 rings (SSSR count). The first kappa shape index (κ1) is 14.8. The lowest BCUT2D eigenvalue weighted by Crippen LogP contribution is -2.08. The zero-order chi connectivity index (χ0) is 14.9. The van der Waals surface area contributed by atoms with Crippen molar-refractivity contribution < 1.29 is 13.2 Å². The molecule has 2 nitrogen and oxygen atoms in total. The Morgan fingerprint density at radius 2 is 1.80 bits per heavy atom. The number of aryl methyl sites for hydroxylation is 2. The Morgan fingerprint density at radius 1 is 1.10 bits per heavy atom. The number of benzene rings is 1. The van der Waals surface area contributed by atoms with E-state index in [1.54, 1.807) is 18.2 Å². The van der Waals surface area contributed by atoms with Gasteiger partial charge in [-0.3, -0.25) is 0 Å². The maximum absolute atomic E-state index is 12.8. The van der Waals surface area contributed by atoms with Crippen molar-refractivity contribution in [1.29, 1.82) is 0 Å². The molecule has 2 aromatic rings. The van der Waals surface area contributed by atoms with Crippen molar-refractivity contribution in [2.24, 2.45) is 0 Å². The van der Waals surface area contributed by atoms with E-state index in [2.05, 4.69) is 26.2 Å². The number of nitrogens with one attached hydrogen (secondary N) is 1. The molecule has 0 saturated heterocycles. The summed E-state index contributed by atoms with van der Waals surface area (Å²) in [5, 5.41) is 2.88.